The summed E-state index contributed by atoms with van der Waals surface area (Å²) in [5.74, 6) is 0.00111. The van der Waals surface area contributed by atoms with Crippen LogP contribution in [0.3, 0.4) is 0 Å². The largest absolute Gasteiger partial charge is 0.354 e. The summed E-state index contributed by atoms with van der Waals surface area (Å²) in [4.78, 5) is 32.8. The number of carbonyl (C=O) groups is 2. The molecule has 2 aliphatic rings. The van der Waals surface area contributed by atoms with E-state index in [-0.39, 0.29) is 11.7 Å². The van der Waals surface area contributed by atoms with Crippen LogP contribution >= 0.6 is 0 Å². The van der Waals surface area contributed by atoms with Gasteiger partial charge in [-0.25, -0.2) is 0 Å². The second kappa shape index (κ2) is 8.51. The lowest BCUT2D eigenvalue weighted by Gasteiger charge is -2.32. The van der Waals surface area contributed by atoms with Gasteiger partial charge in [0.1, 0.15) is 5.69 Å². The Morgan fingerprint density at radius 3 is 2.45 bits per heavy atom. The summed E-state index contributed by atoms with van der Waals surface area (Å²) in [5.41, 5.74) is 5.33. The van der Waals surface area contributed by atoms with E-state index in [4.69, 9.17) is 0 Å². The quantitative estimate of drug-likeness (QED) is 0.818. The Kier molecular flexibility index (Phi) is 5.83. The van der Waals surface area contributed by atoms with Crippen molar-refractivity contribution >= 4 is 11.7 Å². The standard InChI is InChI=1S/C23H30N4O2/c1-16-21-19(4-3-5-20(21)28)25-22(16)23(29)24-14-17-6-8-18(9-7-17)15-27-12-10-26(2)11-13-27/h6-9,25H,3-5,10-15H2,1-2H3,(H,24,29). The van der Waals surface area contributed by atoms with Crippen LogP contribution in [0.2, 0.25) is 0 Å². The van der Waals surface area contributed by atoms with Crippen molar-refractivity contribution in [1.29, 1.82) is 0 Å². The molecule has 1 aliphatic carbocycles. The van der Waals surface area contributed by atoms with Crippen molar-refractivity contribution in [3.05, 3.63) is 57.9 Å². The first-order chi connectivity index (χ1) is 14.0. The molecule has 0 radical (unpaired) electrons. The summed E-state index contributed by atoms with van der Waals surface area (Å²) in [5, 5.41) is 2.99. The number of fused-ring (bicyclic) bond motifs is 1. The van der Waals surface area contributed by atoms with Gasteiger partial charge in [0.25, 0.3) is 5.91 Å². The fraction of sp³-hybridized carbons (Fsp3) is 0.478. The highest BCUT2D eigenvalue weighted by Gasteiger charge is 2.26. The zero-order valence-electron chi connectivity index (χ0n) is 17.4. The number of likely N-dealkylation sites (N-methyl/N-ethyl adjacent to an activating group) is 1. The predicted molar refractivity (Wildman–Crippen MR) is 113 cm³/mol. The smallest absolute Gasteiger partial charge is 0.268 e. The Hall–Kier alpha value is -2.44. The fourth-order valence-corrected chi connectivity index (χ4v) is 4.30. The van der Waals surface area contributed by atoms with Gasteiger partial charge in [-0.2, -0.15) is 0 Å². The zero-order valence-corrected chi connectivity index (χ0v) is 17.4. The molecule has 2 N–H and O–H groups in total. The maximum absolute atomic E-state index is 12.7. The van der Waals surface area contributed by atoms with Crippen LogP contribution in [-0.4, -0.2) is 59.7 Å². The molecule has 154 valence electrons. The molecule has 29 heavy (non-hydrogen) atoms. The number of H-pyrrole nitrogens is 1. The van der Waals surface area contributed by atoms with Gasteiger partial charge in [0.15, 0.2) is 5.78 Å². The number of amides is 1. The maximum Gasteiger partial charge on any atom is 0.268 e. The summed E-state index contributed by atoms with van der Waals surface area (Å²) in [7, 11) is 2.17. The highest BCUT2D eigenvalue weighted by Crippen LogP contribution is 2.26. The number of nitrogens with one attached hydrogen (secondary N) is 2. The molecule has 0 spiro atoms. The van der Waals surface area contributed by atoms with E-state index in [9.17, 15) is 9.59 Å². The number of benzene rings is 1. The number of hydrogen-bond acceptors (Lipinski definition) is 4. The van der Waals surface area contributed by atoms with E-state index in [1.807, 2.05) is 6.92 Å². The van der Waals surface area contributed by atoms with Crippen LogP contribution in [0.1, 0.15) is 56.1 Å². The number of hydrogen-bond donors (Lipinski definition) is 2. The Balaban J connectivity index is 1.33. The number of Topliss-reactive ketones (excluding diaryl/α,β-unsaturated/α-hetero) is 1. The highest BCUT2D eigenvalue weighted by atomic mass is 16.2. The third-order valence-corrected chi connectivity index (χ3v) is 6.14. The van der Waals surface area contributed by atoms with Gasteiger partial charge in [0.05, 0.1) is 0 Å². The summed E-state index contributed by atoms with van der Waals surface area (Å²) >= 11 is 0. The molecule has 0 unspecified atom stereocenters. The number of carbonyl (C=O) groups excluding carboxylic acids is 2. The Labute approximate surface area is 172 Å². The first-order valence-corrected chi connectivity index (χ1v) is 10.5. The Bertz CT molecular complexity index is 892. The first kappa shape index (κ1) is 19.9. The number of ketones is 1. The molecule has 2 heterocycles. The molecule has 0 saturated carbocycles. The molecule has 0 bridgehead atoms. The van der Waals surface area contributed by atoms with Gasteiger partial charge in [-0.15, -0.1) is 0 Å². The van der Waals surface area contributed by atoms with Gasteiger partial charge in [-0.05, 0) is 43.5 Å². The van der Waals surface area contributed by atoms with E-state index in [1.54, 1.807) is 0 Å². The monoisotopic (exact) mass is 394 g/mol. The third-order valence-electron chi connectivity index (χ3n) is 6.14. The fourth-order valence-electron chi connectivity index (χ4n) is 4.30. The molecule has 6 heteroatoms. The van der Waals surface area contributed by atoms with Crippen LogP contribution in [0, 0.1) is 6.92 Å². The SMILES string of the molecule is Cc1c(C(=O)NCc2ccc(CN3CCN(C)CC3)cc2)[nH]c2c1C(=O)CCC2. The third kappa shape index (κ3) is 4.43. The molecule has 1 aromatic carbocycles. The molecule has 0 atom stereocenters. The maximum atomic E-state index is 12.7. The Morgan fingerprint density at radius 2 is 1.76 bits per heavy atom. The molecule has 1 fully saturated rings. The van der Waals surface area contributed by atoms with Crippen LogP contribution in [-0.2, 0) is 19.5 Å². The lowest BCUT2D eigenvalue weighted by Crippen LogP contribution is -2.43. The van der Waals surface area contributed by atoms with Gasteiger partial charge in [0, 0.05) is 56.9 Å². The van der Waals surface area contributed by atoms with Crippen molar-refractivity contribution in [1.82, 2.24) is 20.1 Å². The second-order valence-electron chi connectivity index (χ2n) is 8.33. The van der Waals surface area contributed by atoms with Crippen LogP contribution < -0.4 is 5.32 Å². The van der Waals surface area contributed by atoms with Crippen molar-refractivity contribution in [2.24, 2.45) is 0 Å². The molecule has 4 rings (SSSR count). The van der Waals surface area contributed by atoms with Crippen LogP contribution in [0.5, 0.6) is 0 Å². The number of nitrogens with zero attached hydrogens (tertiary/aromatic N) is 2. The molecule has 1 aliphatic heterocycles. The van der Waals surface area contributed by atoms with E-state index in [2.05, 4.69) is 51.4 Å². The lowest BCUT2D eigenvalue weighted by atomic mass is 9.94. The van der Waals surface area contributed by atoms with Crippen LogP contribution in [0.25, 0.3) is 0 Å². The molecule has 1 aromatic heterocycles. The molecule has 1 saturated heterocycles. The van der Waals surface area contributed by atoms with E-state index in [0.717, 1.165) is 67.9 Å². The van der Waals surface area contributed by atoms with E-state index in [0.29, 0.717) is 18.7 Å². The van der Waals surface area contributed by atoms with E-state index in [1.165, 1.54) is 5.56 Å². The van der Waals surface area contributed by atoms with Crippen molar-refractivity contribution in [3.8, 4) is 0 Å². The normalized spacial score (nSPS) is 17.9. The van der Waals surface area contributed by atoms with Gasteiger partial charge < -0.3 is 15.2 Å². The van der Waals surface area contributed by atoms with Crippen molar-refractivity contribution < 1.29 is 9.59 Å². The minimum absolute atomic E-state index is 0.147. The minimum Gasteiger partial charge on any atom is -0.354 e. The van der Waals surface area contributed by atoms with Crippen molar-refractivity contribution in [2.45, 2.75) is 39.3 Å². The topological polar surface area (TPSA) is 68.4 Å². The highest BCUT2D eigenvalue weighted by molar-refractivity contribution is 6.04. The molecule has 1 amide bonds. The van der Waals surface area contributed by atoms with Crippen LogP contribution in [0.4, 0.5) is 0 Å². The van der Waals surface area contributed by atoms with Crippen molar-refractivity contribution in [3.63, 3.8) is 0 Å². The number of aryl methyl sites for hydroxylation is 1. The lowest BCUT2D eigenvalue weighted by molar-refractivity contribution is 0.0945. The Morgan fingerprint density at radius 1 is 1.07 bits per heavy atom. The van der Waals surface area contributed by atoms with Gasteiger partial charge in [-0.1, -0.05) is 24.3 Å². The summed E-state index contributed by atoms with van der Waals surface area (Å²) < 4.78 is 0. The van der Waals surface area contributed by atoms with Gasteiger partial charge >= 0.3 is 0 Å². The van der Waals surface area contributed by atoms with Gasteiger partial charge in [0.2, 0.25) is 0 Å². The van der Waals surface area contributed by atoms with E-state index >= 15 is 0 Å². The first-order valence-electron chi connectivity index (χ1n) is 10.5. The summed E-state index contributed by atoms with van der Waals surface area (Å²) in [6.07, 6.45) is 2.27. The zero-order chi connectivity index (χ0) is 20.4. The molecule has 6 nitrogen and oxygen atoms in total. The minimum atomic E-state index is -0.147. The van der Waals surface area contributed by atoms with Gasteiger partial charge in [-0.3, -0.25) is 14.5 Å². The van der Waals surface area contributed by atoms with Crippen LogP contribution in [0.15, 0.2) is 24.3 Å². The number of aromatic nitrogens is 1. The molecule has 2 aromatic rings. The number of aromatic amines is 1. The second-order valence-corrected chi connectivity index (χ2v) is 8.33. The summed E-state index contributed by atoms with van der Waals surface area (Å²) in [6.45, 7) is 7.77. The van der Waals surface area contributed by atoms with E-state index < -0.39 is 0 Å². The molecular formula is C23H30N4O2. The van der Waals surface area contributed by atoms with Crippen molar-refractivity contribution in [2.75, 3.05) is 33.2 Å². The number of rotatable bonds is 5. The molecular weight excluding hydrogens is 364 g/mol. The number of piperazine rings is 1. The predicted octanol–water partition coefficient (Wildman–Crippen LogP) is 2.52. The summed E-state index contributed by atoms with van der Waals surface area (Å²) in [6, 6.07) is 8.47. The average molecular weight is 395 g/mol. The average Bonchev–Trinajstić information content (AvgIpc) is 3.07.